The molecule has 1 heterocycles. The molecule has 3 heteroatoms. The molecule has 2 aliphatic rings. The second kappa shape index (κ2) is 6.78. The molecule has 0 bridgehead atoms. The van der Waals surface area contributed by atoms with Gasteiger partial charge in [-0.1, -0.05) is 18.2 Å². The molecular weight excluding hydrogens is 402 g/mol. The quantitative estimate of drug-likeness (QED) is 0.496. The van der Waals surface area contributed by atoms with Crippen LogP contribution in [0.25, 0.3) is 22.8 Å². The summed E-state index contributed by atoms with van der Waals surface area (Å²) < 4.78 is 19.2. The zero-order chi connectivity index (χ0) is 17.0. The van der Waals surface area contributed by atoms with Gasteiger partial charge in [0.15, 0.2) is 0 Å². The van der Waals surface area contributed by atoms with Crippen molar-refractivity contribution in [3.63, 3.8) is 0 Å². The van der Waals surface area contributed by atoms with E-state index in [0.29, 0.717) is 0 Å². The van der Waals surface area contributed by atoms with E-state index < -0.39 is 0 Å². The number of benzene rings is 2. The van der Waals surface area contributed by atoms with Crippen LogP contribution in [0.3, 0.4) is 0 Å². The minimum Gasteiger partial charge on any atom is -0.462 e. The van der Waals surface area contributed by atoms with Gasteiger partial charge in [-0.05, 0) is 89.9 Å². The van der Waals surface area contributed by atoms with E-state index in [2.05, 4.69) is 18.6 Å². The topological polar surface area (TPSA) is 13.1 Å². The largest absolute Gasteiger partial charge is 0.462 e. The Hall–Kier alpha value is -1.73. The minimum absolute atomic E-state index is 0. The maximum absolute atomic E-state index is 13.4. The molecule has 2 aliphatic carbocycles. The Kier molecular flexibility index (Phi) is 4.61. The van der Waals surface area contributed by atoms with Crippen LogP contribution in [0.1, 0.15) is 40.2 Å². The van der Waals surface area contributed by atoms with E-state index in [1.165, 1.54) is 34.2 Å². The summed E-state index contributed by atoms with van der Waals surface area (Å²) in [4.78, 5) is 0. The summed E-state index contributed by atoms with van der Waals surface area (Å²) in [5.41, 5.74) is 8.79. The summed E-state index contributed by atoms with van der Waals surface area (Å²) in [5, 5.41) is 0. The van der Waals surface area contributed by atoms with Gasteiger partial charge in [-0.2, -0.15) is 0 Å². The molecule has 0 N–H and O–H groups in total. The average molecular weight is 421 g/mol. The average Bonchev–Trinajstić information content (AvgIpc) is 3.32. The minimum atomic E-state index is -0.193. The van der Waals surface area contributed by atoms with Crippen molar-refractivity contribution in [2.24, 2.45) is 0 Å². The summed E-state index contributed by atoms with van der Waals surface area (Å²) in [7, 11) is 0. The molecule has 2 aromatic carbocycles. The zero-order valence-electron chi connectivity index (χ0n) is 14.6. The molecule has 26 heavy (non-hydrogen) atoms. The van der Waals surface area contributed by atoms with Gasteiger partial charge in [0, 0.05) is 38.2 Å². The van der Waals surface area contributed by atoms with Gasteiger partial charge in [0.25, 0.3) is 0 Å². The fourth-order valence-electron chi connectivity index (χ4n) is 4.10. The van der Waals surface area contributed by atoms with Gasteiger partial charge in [0.2, 0.25) is 0 Å². The van der Waals surface area contributed by atoms with Crippen molar-refractivity contribution in [2.45, 2.75) is 26.2 Å². The van der Waals surface area contributed by atoms with Gasteiger partial charge < -0.3 is 4.42 Å². The van der Waals surface area contributed by atoms with Crippen LogP contribution < -0.4 is 0 Å². The molecule has 1 aromatic heterocycles. The zero-order valence-corrected chi connectivity index (χ0v) is 17.1. The van der Waals surface area contributed by atoms with Gasteiger partial charge in [0.05, 0.1) is 0 Å². The third-order valence-electron chi connectivity index (χ3n) is 5.24. The number of hydrogen-bond acceptors (Lipinski definition) is 1. The van der Waals surface area contributed by atoms with E-state index in [0.717, 1.165) is 35.5 Å². The molecule has 0 fully saturated rings. The standard InChI is InChI=1S/C23H18FO.Zr/c1-14-5-10-22(25-14)18-12-17-11-16-3-2-4-20(16)23(21(17)13-18)15-6-8-19(24)9-7-15;/h5-13H,2-4H2,1H3;. The third kappa shape index (κ3) is 2.87. The van der Waals surface area contributed by atoms with Crippen LogP contribution >= 0.6 is 0 Å². The van der Waals surface area contributed by atoms with Crippen LogP contribution in [-0.2, 0) is 39.0 Å². The van der Waals surface area contributed by atoms with Crippen molar-refractivity contribution < 1.29 is 35.0 Å². The van der Waals surface area contributed by atoms with Crippen LogP contribution in [-0.4, -0.2) is 0 Å². The van der Waals surface area contributed by atoms with E-state index >= 15 is 0 Å². The predicted molar refractivity (Wildman–Crippen MR) is 98.6 cm³/mol. The molecule has 3 aromatic rings. The van der Waals surface area contributed by atoms with Crippen LogP contribution in [0.4, 0.5) is 4.39 Å². The molecule has 127 valence electrons. The van der Waals surface area contributed by atoms with Crippen LogP contribution in [0, 0.1) is 19.2 Å². The predicted octanol–water partition coefficient (Wildman–Crippen LogP) is 5.99. The first-order valence-corrected chi connectivity index (χ1v) is 8.77. The maximum atomic E-state index is 13.4. The monoisotopic (exact) mass is 419 g/mol. The number of hydrogen-bond donors (Lipinski definition) is 0. The van der Waals surface area contributed by atoms with E-state index in [9.17, 15) is 4.39 Å². The van der Waals surface area contributed by atoms with E-state index in [1.54, 1.807) is 12.1 Å². The molecule has 0 unspecified atom stereocenters. The fraction of sp³-hybridized carbons (Fsp3) is 0.174. The maximum Gasteiger partial charge on any atom is 0.130 e. The molecular formula is C23H18FOZr. The van der Waals surface area contributed by atoms with Crippen LogP contribution in [0.15, 0.2) is 46.9 Å². The third-order valence-corrected chi connectivity index (χ3v) is 5.24. The van der Waals surface area contributed by atoms with Crippen LogP contribution in [0.2, 0.25) is 0 Å². The Morgan fingerprint density at radius 1 is 1.00 bits per heavy atom. The second-order valence-electron chi connectivity index (χ2n) is 6.91. The molecule has 0 aliphatic heterocycles. The summed E-state index contributed by atoms with van der Waals surface area (Å²) in [6, 6.07) is 13.2. The van der Waals surface area contributed by atoms with Crippen molar-refractivity contribution in [3.05, 3.63) is 88.5 Å². The molecule has 5 rings (SSSR count). The first kappa shape index (κ1) is 17.7. The Morgan fingerprint density at radius 3 is 2.54 bits per heavy atom. The molecule has 0 atom stereocenters. The van der Waals surface area contributed by atoms with Crippen molar-refractivity contribution in [1.82, 2.24) is 0 Å². The smallest absolute Gasteiger partial charge is 0.130 e. The number of aryl methyl sites for hydroxylation is 2. The normalized spacial score (nSPS) is 14.6. The van der Waals surface area contributed by atoms with E-state index in [4.69, 9.17) is 4.42 Å². The van der Waals surface area contributed by atoms with Crippen molar-refractivity contribution in [3.8, 4) is 11.1 Å². The second-order valence-corrected chi connectivity index (χ2v) is 6.91. The molecule has 1 radical (unpaired) electrons. The first-order valence-electron chi connectivity index (χ1n) is 8.77. The summed E-state index contributed by atoms with van der Waals surface area (Å²) in [6.45, 7) is 1.96. The Balaban J connectivity index is 0.00000168. The summed E-state index contributed by atoms with van der Waals surface area (Å²) in [5.74, 6) is 1.63. The molecule has 0 amide bonds. The summed E-state index contributed by atoms with van der Waals surface area (Å²) in [6.07, 6.45) is 7.84. The Morgan fingerprint density at radius 2 is 1.81 bits per heavy atom. The van der Waals surface area contributed by atoms with Crippen molar-refractivity contribution in [1.29, 1.82) is 0 Å². The van der Waals surface area contributed by atoms with Crippen molar-refractivity contribution >= 4 is 11.6 Å². The number of halogens is 1. The molecule has 0 saturated heterocycles. The molecule has 0 spiro atoms. The van der Waals surface area contributed by atoms with Gasteiger partial charge in [0.1, 0.15) is 17.3 Å². The van der Waals surface area contributed by atoms with E-state index in [-0.39, 0.29) is 32.0 Å². The Labute approximate surface area is 172 Å². The molecule has 1 nitrogen and oxygen atoms in total. The number of allylic oxidation sites excluding steroid dienone is 1. The number of rotatable bonds is 2. The Bertz CT molecular complexity index is 1010. The van der Waals surface area contributed by atoms with E-state index in [1.807, 2.05) is 31.2 Å². The van der Waals surface area contributed by atoms with Gasteiger partial charge in [-0.25, -0.2) is 4.39 Å². The number of furan rings is 1. The fourth-order valence-corrected chi connectivity index (χ4v) is 4.10. The van der Waals surface area contributed by atoms with Crippen molar-refractivity contribution in [2.75, 3.05) is 0 Å². The van der Waals surface area contributed by atoms with Gasteiger partial charge >= 0.3 is 0 Å². The van der Waals surface area contributed by atoms with Crippen LogP contribution in [0.5, 0.6) is 0 Å². The first-order chi connectivity index (χ1) is 12.2. The summed E-state index contributed by atoms with van der Waals surface area (Å²) >= 11 is 0. The van der Waals surface area contributed by atoms with Gasteiger partial charge in [-0.15, -0.1) is 0 Å². The molecule has 0 saturated carbocycles. The SMILES string of the molecule is Cc1ccc(C2=Cc3c(cc4c(c3-c3ccc(F)cc3)CCC4)[CH]2)o1.[Zr]. The number of fused-ring (bicyclic) bond motifs is 2. The van der Waals surface area contributed by atoms with Gasteiger partial charge in [-0.3, -0.25) is 0 Å².